The lowest BCUT2D eigenvalue weighted by Crippen LogP contribution is -2.37. The molecule has 0 fully saturated rings. The number of carbonyl (C=O) groups is 1. The molecule has 1 aromatic carbocycles. The van der Waals surface area contributed by atoms with Gasteiger partial charge in [0.2, 0.25) is 10.0 Å². The third kappa shape index (κ3) is 3.63. The molecule has 1 aliphatic heterocycles. The molecule has 0 saturated heterocycles. The Bertz CT molecular complexity index is 874. The van der Waals surface area contributed by atoms with Crippen molar-refractivity contribution >= 4 is 27.3 Å². The van der Waals surface area contributed by atoms with Crippen molar-refractivity contribution in [3.8, 4) is 0 Å². The Balaban J connectivity index is 1.87. The van der Waals surface area contributed by atoms with Crippen molar-refractivity contribution in [1.29, 1.82) is 0 Å². The maximum atomic E-state index is 13.1. The van der Waals surface area contributed by atoms with Gasteiger partial charge in [0.1, 0.15) is 9.77 Å². The van der Waals surface area contributed by atoms with Crippen LogP contribution in [0.2, 0.25) is 0 Å². The summed E-state index contributed by atoms with van der Waals surface area (Å²) in [6.45, 7) is 4.66. The molecular formula is C18H22N2O3S2. The summed E-state index contributed by atoms with van der Waals surface area (Å²) in [5, 5.41) is 4.51. The summed E-state index contributed by atoms with van der Waals surface area (Å²) < 4.78 is 27.7. The Morgan fingerprint density at radius 2 is 2.00 bits per heavy atom. The fourth-order valence-corrected chi connectivity index (χ4v) is 5.59. The van der Waals surface area contributed by atoms with Crippen molar-refractivity contribution in [2.75, 3.05) is 6.54 Å². The van der Waals surface area contributed by atoms with Gasteiger partial charge in [-0.3, -0.25) is 4.79 Å². The molecule has 3 rings (SSSR count). The maximum Gasteiger partial charge on any atom is 0.262 e. The van der Waals surface area contributed by atoms with Crippen molar-refractivity contribution in [2.24, 2.45) is 0 Å². The molecule has 25 heavy (non-hydrogen) atoms. The van der Waals surface area contributed by atoms with Crippen LogP contribution in [0.3, 0.4) is 0 Å². The number of thiophene rings is 1. The molecular weight excluding hydrogens is 356 g/mol. The zero-order valence-electron chi connectivity index (χ0n) is 14.4. The van der Waals surface area contributed by atoms with E-state index in [9.17, 15) is 13.2 Å². The molecule has 5 nitrogen and oxygen atoms in total. The first-order valence-electron chi connectivity index (χ1n) is 8.38. The monoisotopic (exact) mass is 378 g/mol. The van der Waals surface area contributed by atoms with Crippen molar-refractivity contribution in [3.05, 3.63) is 51.7 Å². The van der Waals surface area contributed by atoms with E-state index in [1.165, 1.54) is 27.3 Å². The lowest BCUT2D eigenvalue weighted by atomic mass is 10.0. The number of amides is 1. The second-order valence-electron chi connectivity index (χ2n) is 6.25. The first-order chi connectivity index (χ1) is 11.9. The normalized spacial score (nSPS) is 16.2. The zero-order chi connectivity index (χ0) is 18.0. The SMILES string of the molecule is CCC(C)NC(=O)c1sccc1S(=O)(=O)N1CCc2ccccc2C1. The van der Waals surface area contributed by atoms with Gasteiger partial charge in [-0.25, -0.2) is 8.42 Å². The van der Waals surface area contributed by atoms with E-state index in [4.69, 9.17) is 0 Å². The Hall–Kier alpha value is -1.70. The molecule has 0 spiro atoms. The fraction of sp³-hybridized carbons (Fsp3) is 0.389. The molecule has 1 N–H and O–H groups in total. The predicted octanol–water partition coefficient (Wildman–Crippen LogP) is 3.02. The Kier molecular flexibility index (Phi) is 5.27. The van der Waals surface area contributed by atoms with Gasteiger partial charge >= 0.3 is 0 Å². The molecule has 0 bridgehead atoms. The largest absolute Gasteiger partial charge is 0.349 e. The molecule has 1 aliphatic rings. The van der Waals surface area contributed by atoms with E-state index in [1.807, 2.05) is 38.1 Å². The van der Waals surface area contributed by atoms with Gasteiger partial charge in [0.25, 0.3) is 5.91 Å². The summed E-state index contributed by atoms with van der Waals surface area (Å²) in [5.41, 5.74) is 2.21. The second-order valence-corrected chi connectivity index (χ2v) is 9.08. The third-order valence-corrected chi connectivity index (χ3v) is 7.47. The van der Waals surface area contributed by atoms with Crippen LogP contribution >= 0.6 is 11.3 Å². The number of benzene rings is 1. The fourth-order valence-electron chi connectivity index (χ4n) is 2.87. The molecule has 1 aromatic heterocycles. The number of fused-ring (bicyclic) bond motifs is 1. The highest BCUT2D eigenvalue weighted by atomic mass is 32.2. The van der Waals surface area contributed by atoms with Gasteiger partial charge < -0.3 is 5.32 Å². The average molecular weight is 379 g/mol. The topological polar surface area (TPSA) is 66.5 Å². The molecule has 7 heteroatoms. The van der Waals surface area contributed by atoms with Crippen molar-refractivity contribution in [1.82, 2.24) is 9.62 Å². The Labute approximate surface area is 152 Å². The number of hydrogen-bond donors (Lipinski definition) is 1. The van der Waals surface area contributed by atoms with E-state index in [0.717, 1.165) is 12.0 Å². The summed E-state index contributed by atoms with van der Waals surface area (Å²) in [5.74, 6) is -0.319. The second kappa shape index (κ2) is 7.27. The highest BCUT2D eigenvalue weighted by Crippen LogP contribution is 2.29. The number of sulfonamides is 1. The lowest BCUT2D eigenvalue weighted by Gasteiger charge is -2.28. The van der Waals surface area contributed by atoms with Gasteiger partial charge in [-0.15, -0.1) is 11.3 Å². The smallest absolute Gasteiger partial charge is 0.262 e. The quantitative estimate of drug-likeness (QED) is 0.870. The van der Waals surface area contributed by atoms with Crippen LogP contribution < -0.4 is 5.32 Å². The molecule has 1 atom stereocenters. The van der Waals surface area contributed by atoms with E-state index >= 15 is 0 Å². The number of nitrogens with one attached hydrogen (secondary N) is 1. The number of rotatable bonds is 5. The first kappa shape index (κ1) is 18.1. The predicted molar refractivity (Wildman–Crippen MR) is 99.3 cm³/mol. The van der Waals surface area contributed by atoms with Crippen molar-refractivity contribution in [2.45, 2.75) is 44.2 Å². The number of nitrogens with zero attached hydrogens (tertiary/aromatic N) is 1. The van der Waals surface area contributed by atoms with Crippen LogP contribution in [-0.4, -0.2) is 31.2 Å². The Morgan fingerprint density at radius 3 is 2.72 bits per heavy atom. The molecule has 2 aromatic rings. The van der Waals surface area contributed by atoms with Crippen LogP contribution in [0, 0.1) is 0 Å². The van der Waals surface area contributed by atoms with Gasteiger partial charge in [0, 0.05) is 19.1 Å². The maximum absolute atomic E-state index is 13.1. The van der Waals surface area contributed by atoms with Gasteiger partial charge in [-0.2, -0.15) is 4.31 Å². The van der Waals surface area contributed by atoms with Crippen LogP contribution in [0.1, 0.15) is 41.1 Å². The van der Waals surface area contributed by atoms with Crippen LogP contribution in [0.4, 0.5) is 0 Å². The van der Waals surface area contributed by atoms with Gasteiger partial charge in [0.05, 0.1) is 0 Å². The summed E-state index contributed by atoms with van der Waals surface area (Å²) in [6, 6.07) is 9.43. The molecule has 0 saturated carbocycles. The van der Waals surface area contributed by atoms with Crippen molar-refractivity contribution < 1.29 is 13.2 Å². The molecule has 134 valence electrons. The van der Waals surface area contributed by atoms with Gasteiger partial charge in [-0.1, -0.05) is 31.2 Å². The highest BCUT2D eigenvalue weighted by Gasteiger charge is 2.32. The standard InChI is InChI=1S/C18H22N2O3S2/c1-3-13(2)19-18(21)17-16(9-11-24-17)25(22,23)20-10-8-14-6-4-5-7-15(14)12-20/h4-7,9,11,13H,3,8,10,12H2,1-2H3,(H,19,21). The molecule has 0 aliphatic carbocycles. The van der Waals surface area contributed by atoms with E-state index in [1.54, 1.807) is 5.38 Å². The average Bonchev–Trinajstić information content (AvgIpc) is 3.12. The van der Waals surface area contributed by atoms with E-state index < -0.39 is 10.0 Å². The molecule has 1 unspecified atom stereocenters. The van der Waals surface area contributed by atoms with E-state index in [0.29, 0.717) is 19.5 Å². The minimum absolute atomic E-state index is 0.00650. The van der Waals surface area contributed by atoms with E-state index in [2.05, 4.69) is 5.32 Å². The minimum atomic E-state index is -3.70. The van der Waals surface area contributed by atoms with Crippen LogP contribution in [0.15, 0.2) is 40.6 Å². The van der Waals surface area contributed by atoms with Crippen LogP contribution in [0.25, 0.3) is 0 Å². The first-order valence-corrected chi connectivity index (χ1v) is 10.7. The summed E-state index contributed by atoms with van der Waals surface area (Å²) >= 11 is 1.17. The molecule has 1 amide bonds. The zero-order valence-corrected chi connectivity index (χ0v) is 16.0. The number of carbonyl (C=O) groups excluding carboxylic acids is 1. The Morgan fingerprint density at radius 1 is 1.28 bits per heavy atom. The van der Waals surface area contributed by atoms with Gasteiger partial charge in [-0.05, 0) is 42.3 Å². The summed E-state index contributed by atoms with van der Waals surface area (Å²) in [4.78, 5) is 12.8. The van der Waals surface area contributed by atoms with Gasteiger partial charge in [0.15, 0.2) is 0 Å². The molecule has 2 heterocycles. The van der Waals surface area contributed by atoms with E-state index in [-0.39, 0.29) is 21.7 Å². The highest BCUT2D eigenvalue weighted by molar-refractivity contribution is 7.89. The van der Waals surface area contributed by atoms with Crippen LogP contribution in [-0.2, 0) is 23.0 Å². The molecule has 0 radical (unpaired) electrons. The summed E-state index contributed by atoms with van der Waals surface area (Å²) in [7, 11) is -3.70. The lowest BCUT2D eigenvalue weighted by molar-refractivity contribution is 0.0940. The minimum Gasteiger partial charge on any atom is -0.349 e. The van der Waals surface area contributed by atoms with Crippen LogP contribution in [0.5, 0.6) is 0 Å². The third-order valence-electron chi connectivity index (χ3n) is 4.54. The summed E-state index contributed by atoms with van der Waals surface area (Å²) in [6.07, 6.45) is 1.48. The van der Waals surface area contributed by atoms with Crippen molar-refractivity contribution in [3.63, 3.8) is 0 Å². The number of hydrogen-bond acceptors (Lipinski definition) is 4.